The number of carbonyl (C=O) groups is 1. The lowest BCUT2D eigenvalue weighted by Crippen LogP contribution is -2.55. The van der Waals surface area contributed by atoms with Gasteiger partial charge in [0, 0.05) is 16.6 Å². The Labute approximate surface area is 128 Å². The van der Waals surface area contributed by atoms with Crippen LogP contribution in [0.25, 0.3) is 0 Å². The summed E-state index contributed by atoms with van der Waals surface area (Å²) in [4.78, 5) is 11.3. The highest BCUT2D eigenvalue weighted by molar-refractivity contribution is 9.10. The summed E-state index contributed by atoms with van der Waals surface area (Å²) < 4.78 is 6.61. The molecular formula is C15H22BrNO3. The molecule has 0 bridgehead atoms. The molecule has 0 aliphatic heterocycles. The van der Waals surface area contributed by atoms with E-state index in [1.54, 1.807) is 13.8 Å². The molecule has 0 spiro atoms. The molecule has 0 atom stereocenters. The Kier molecular flexibility index (Phi) is 5.59. The molecule has 0 amide bonds. The second kappa shape index (κ2) is 6.59. The van der Waals surface area contributed by atoms with Gasteiger partial charge < -0.3 is 15.2 Å². The van der Waals surface area contributed by atoms with Gasteiger partial charge in [-0.05, 0) is 52.0 Å². The largest absolute Gasteiger partial charge is 0.492 e. The quantitative estimate of drug-likeness (QED) is 0.745. The number of benzene rings is 1. The van der Waals surface area contributed by atoms with E-state index in [1.807, 2.05) is 38.1 Å². The standard InChI is InChI=1S/C15H22BrNO3/c1-14(2,13(18)19)15(3,4)17-9-10-20-12-7-5-11(16)6-8-12/h5-8,17H,9-10H2,1-4H3,(H,18,19). The normalized spacial score (nSPS) is 12.2. The lowest BCUT2D eigenvalue weighted by molar-refractivity contribution is -0.151. The van der Waals surface area contributed by atoms with E-state index >= 15 is 0 Å². The summed E-state index contributed by atoms with van der Waals surface area (Å²) >= 11 is 3.37. The number of ether oxygens (including phenoxy) is 1. The van der Waals surface area contributed by atoms with Crippen LogP contribution < -0.4 is 10.1 Å². The van der Waals surface area contributed by atoms with Crippen LogP contribution in [-0.2, 0) is 4.79 Å². The molecule has 0 saturated carbocycles. The van der Waals surface area contributed by atoms with Crippen LogP contribution in [-0.4, -0.2) is 29.8 Å². The van der Waals surface area contributed by atoms with Gasteiger partial charge in [-0.1, -0.05) is 15.9 Å². The fourth-order valence-corrected chi connectivity index (χ4v) is 1.82. The van der Waals surface area contributed by atoms with E-state index in [0.717, 1.165) is 10.2 Å². The zero-order chi connectivity index (χ0) is 15.4. The first-order valence-electron chi connectivity index (χ1n) is 6.53. The first-order chi connectivity index (χ1) is 9.17. The minimum atomic E-state index is -0.857. The van der Waals surface area contributed by atoms with Gasteiger partial charge in [0.15, 0.2) is 0 Å². The van der Waals surface area contributed by atoms with Crippen molar-refractivity contribution < 1.29 is 14.6 Å². The summed E-state index contributed by atoms with van der Waals surface area (Å²) in [5, 5.41) is 12.5. The Bertz CT molecular complexity index is 455. The highest BCUT2D eigenvalue weighted by atomic mass is 79.9. The van der Waals surface area contributed by atoms with E-state index in [1.165, 1.54) is 0 Å². The van der Waals surface area contributed by atoms with Crippen LogP contribution in [0.4, 0.5) is 0 Å². The lowest BCUT2D eigenvalue weighted by Gasteiger charge is -2.39. The number of hydrogen-bond donors (Lipinski definition) is 2. The van der Waals surface area contributed by atoms with Crippen molar-refractivity contribution in [1.29, 1.82) is 0 Å². The van der Waals surface area contributed by atoms with Gasteiger partial charge in [-0.3, -0.25) is 4.79 Å². The zero-order valence-electron chi connectivity index (χ0n) is 12.4. The molecule has 0 aliphatic carbocycles. The Balaban J connectivity index is 2.44. The molecule has 2 N–H and O–H groups in total. The van der Waals surface area contributed by atoms with Crippen molar-refractivity contribution in [1.82, 2.24) is 5.32 Å². The molecule has 0 aromatic heterocycles. The number of aliphatic carboxylic acids is 1. The predicted octanol–water partition coefficient (Wildman–Crippen LogP) is 3.31. The van der Waals surface area contributed by atoms with Crippen LogP contribution in [0.5, 0.6) is 5.75 Å². The molecule has 0 saturated heterocycles. The first-order valence-corrected chi connectivity index (χ1v) is 7.33. The fourth-order valence-electron chi connectivity index (χ4n) is 1.55. The molecule has 1 rings (SSSR count). The Morgan fingerprint density at radius 1 is 1.25 bits per heavy atom. The third kappa shape index (κ3) is 4.21. The van der Waals surface area contributed by atoms with E-state index in [-0.39, 0.29) is 0 Å². The summed E-state index contributed by atoms with van der Waals surface area (Å²) in [6.45, 7) is 8.29. The van der Waals surface area contributed by atoms with E-state index in [4.69, 9.17) is 4.74 Å². The molecule has 0 unspecified atom stereocenters. The SMILES string of the molecule is CC(C)(NCCOc1ccc(Br)cc1)C(C)(C)C(=O)O. The molecular weight excluding hydrogens is 322 g/mol. The maximum absolute atomic E-state index is 11.3. The molecule has 0 radical (unpaired) electrons. The summed E-state index contributed by atoms with van der Waals surface area (Å²) in [5.41, 5.74) is -1.38. The van der Waals surface area contributed by atoms with Crippen molar-refractivity contribution in [3.63, 3.8) is 0 Å². The molecule has 0 heterocycles. The van der Waals surface area contributed by atoms with Crippen molar-refractivity contribution in [2.75, 3.05) is 13.2 Å². The van der Waals surface area contributed by atoms with Crippen molar-refractivity contribution in [3.05, 3.63) is 28.7 Å². The second-order valence-corrected chi connectivity index (χ2v) is 6.70. The number of rotatable bonds is 7. The maximum Gasteiger partial charge on any atom is 0.310 e. The minimum absolute atomic E-state index is 0.487. The molecule has 5 heteroatoms. The van der Waals surface area contributed by atoms with Gasteiger partial charge in [0.1, 0.15) is 12.4 Å². The number of nitrogens with one attached hydrogen (secondary N) is 1. The van der Waals surface area contributed by atoms with Crippen molar-refractivity contribution in [3.8, 4) is 5.75 Å². The maximum atomic E-state index is 11.3. The van der Waals surface area contributed by atoms with Crippen molar-refractivity contribution in [2.45, 2.75) is 33.2 Å². The molecule has 0 fully saturated rings. The van der Waals surface area contributed by atoms with Crippen molar-refractivity contribution >= 4 is 21.9 Å². The number of hydrogen-bond acceptors (Lipinski definition) is 3. The van der Waals surface area contributed by atoms with Crippen LogP contribution in [0.2, 0.25) is 0 Å². The smallest absolute Gasteiger partial charge is 0.310 e. The Hall–Kier alpha value is -1.07. The van der Waals surface area contributed by atoms with Crippen LogP contribution in [0, 0.1) is 5.41 Å². The molecule has 1 aromatic rings. The average Bonchev–Trinajstić information content (AvgIpc) is 2.36. The minimum Gasteiger partial charge on any atom is -0.492 e. The van der Waals surface area contributed by atoms with E-state index in [0.29, 0.717) is 13.2 Å². The number of halogens is 1. The summed E-state index contributed by atoms with van der Waals surface area (Å²) in [6.07, 6.45) is 0. The zero-order valence-corrected chi connectivity index (χ0v) is 14.0. The van der Waals surface area contributed by atoms with E-state index in [9.17, 15) is 9.90 Å². The monoisotopic (exact) mass is 343 g/mol. The highest BCUT2D eigenvalue weighted by Gasteiger charge is 2.42. The third-order valence-electron chi connectivity index (χ3n) is 3.85. The van der Waals surface area contributed by atoms with Crippen LogP contribution in [0.15, 0.2) is 28.7 Å². The molecule has 0 aliphatic rings. The molecule has 20 heavy (non-hydrogen) atoms. The van der Waals surface area contributed by atoms with Crippen LogP contribution in [0.3, 0.4) is 0 Å². The summed E-state index contributed by atoms with van der Waals surface area (Å²) in [7, 11) is 0. The van der Waals surface area contributed by atoms with Gasteiger partial charge in [-0.25, -0.2) is 0 Å². The molecule has 4 nitrogen and oxygen atoms in total. The van der Waals surface area contributed by atoms with Gasteiger partial charge in [0.25, 0.3) is 0 Å². The molecule has 1 aromatic carbocycles. The van der Waals surface area contributed by atoms with Gasteiger partial charge >= 0.3 is 5.97 Å². The number of carboxylic acids is 1. The Morgan fingerprint density at radius 3 is 2.30 bits per heavy atom. The first kappa shape index (κ1) is 17.0. The van der Waals surface area contributed by atoms with Gasteiger partial charge in [0.2, 0.25) is 0 Å². The van der Waals surface area contributed by atoms with Crippen LogP contribution >= 0.6 is 15.9 Å². The predicted molar refractivity (Wildman–Crippen MR) is 83.1 cm³/mol. The van der Waals surface area contributed by atoms with Gasteiger partial charge in [0.05, 0.1) is 5.41 Å². The highest BCUT2D eigenvalue weighted by Crippen LogP contribution is 2.30. The average molecular weight is 344 g/mol. The fraction of sp³-hybridized carbons (Fsp3) is 0.533. The van der Waals surface area contributed by atoms with Crippen LogP contribution in [0.1, 0.15) is 27.7 Å². The third-order valence-corrected chi connectivity index (χ3v) is 4.38. The van der Waals surface area contributed by atoms with E-state index in [2.05, 4.69) is 21.2 Å². The Morgan fingerprint density at radius 2 is 1.80 bits per heavy atom. The molecule has 112 valence electrons. The summed E-state index contributed by atoms with van der Waals surface area (Å²) in [5.74, 6) is -0.0193. The van der Waals surface area contributed by atoms with Gasteiger partial charge in [-0.15, -0.1) is 0 Å². The number of carboxylic acid groups (broad SMARTS) is 1. The van der Waals surface area contributed by atoms with E-state index < -0.39 is 16.9 Å². The second-order valence-electron chi connectivity index (χ2n) is 5.78. The summed E-state index contributed by atoms with van der Waals surface area (Å²) in [6, 6.07) is 7.60. The lowest BCUT2D eigenvalue weighted by atomic mass is 9.74. The van der Waals surface area contributed by atoms with Gasteiger partial charge in [-0.2, -0.15) is 0 Å². The van der Waals surface area contributed by atoms with Crippen molar-refractivity contribution in [2.24, 2.45) is 5.41 Å². The topological polar surface area (TPSA) is 58.6 Å².